The smallest absolute Gasteiger partial charge is 0.335 e. The highest BCUT2D eigenvalue weighted by molar-refractivity contribution is 5.87. The second-order valence-electron chi connectivity index (χ2n) is 5.65. The number of carboxylic acids is 1. The summed E-state index contributed by atoms with van der Waals surface area (Å²) in [6.45, 7) is 4.58. The molecule has 1 saturated heterocycles. The van der Waals surface area contributed by atoms with Crippen molar-refractivity contribution < 1.29 is 14.3 Å². The van der Waals surface area contributed by atoms with Crippen LogP contribution in [0, 0.1) is 5.82 Å². The Kier molecular flexibility index (Phi) is 3.72. The van der Waals surface area contributed by atoms with Gasteiger partial charge in [-0.3, -0.25) is 9.80 Å². The molecule has 0 aromatic heterocycles. The molecule has 1 aliphatic heterocycles. The second-order valence-corrected chi connectivity index (χ2v) is 5.65. The SMILES string of the molecule is O=C(O)c1ccc(CN2CCN(C3CC3)CC2)c(F)c1. The number of aromatic carboxylic acids is 1. The summed E-state index contributed by atoms with van der Waals surface area (Å²) in [6.07, 6.45) is 2.65. The third-order valence-electron chi connectivity index (χ3n) is 4.16. The lowest BCUT2D eigenvalue weighted by Gasteiger charge is -2.34. The van der Waals surface area contributed by atoms with Crippen LogP contribution in [0.5, 0.6) is 0 Å². The maximum absolute atomic E-state index is 13.9. The summed E-state index contributed by atoms with van der Waals surface area (Å²) in [5.74, 6) is -1.51. The van der Waals surface area contributed by atoms with E-state index >= 15 is 0 Å². The first-order chi connectivity index (χ1) is 9.63. The minimum absolute atomic E-state index is 0.00445. The van der Waals surface area contributed by atoms with Gasteiger partial charge in [0.25, 0.3) is 0 Å². The Morgan fingerprint density at radius 2 is 1.95 bits per heavy atom. The van der Waals surface area contributed by atoms with Crippen molar-refractivity contribution in [1.29, 1.82) is 0 Å². The molecule has 0 unspecified atom stereocenters. The highest BCUT2D eigenvalue weighted by Crippen LogP contribution is 2.27. The zero-order valence-corrected chi connectivity index (χ0v) is 11.4. The highest BCUT2D eigenvalue weighted by atomic mass is 19.1. The van der Waals surface area contributed by atoms with Crippen LogP contribution in [0.15, 0.2) is 18.2 Å². The van der Waals surface area contributed by atoms with E-state index in [1.54, 1.807) is 6.07 Å². The van der Waals surface area contributed by atoms with E-state index in [4.69, 9.17) is 5.11 Å². The van der Waals surface area contributed by atoms with Gasteiger partial charge in [0.1, 0.15) is 5.82 Å². The standard InChI is InChI=1S/C15H19FN2O2/c16-14-9-11(15(19)20)1-2-12(14)10-17-5-7-18(8-6-17)13-3-4-13/h1-2,9,13H,3-8,10H2,(H,19,20). The minimum atomic E-state index is -1.09. The lowest BCUT2D eigenvalue weighted by molar-refractivity contribution is 0.0696. The van der Waals surface area contributed by atoms with Crippen LogP contribution in [0.25, 0.3) is 0 Å². The predicted octanol–water partition coefficient (Wildman–Crippen LogP) is 1.80. The van der Waals surface area contributed by atoms with E-state index in [1.807, 2.05) is 0 Å². The Hall–Kier alpha value is -1.46. The molecule has 0 amide bonds. The van der Waals surface area contributed by atoms with Crippen LogP contribution in [-0.2, 0) is 6.54 Å². The first-order valence-electron chi connectivity index (χ1n) is 7.11. The topological polar surface area (TPSA) is 43.8 Å². The lowest BCUT2D eigenvalue weighted by atomic mass is 10.1. The third-order valence-corrected chi connectivity index (χ3v) is 4.16. The summed E-state index contributed by atoms with van der Waals surface area (Å²) in [4.78, 5) is 15.5. The highest BCUT2D eigenvalue weighted by Gasteiger charge is 2.31. The van der Waals surface area contributed by atoms with E-state index in [9.17, 15) is 9.18 Å². The molecule has 108 valence electrons. The summed E-state index contributed by atoms with van der Waals surface area (Å²) in [5, 5.41) is 8.83. The van der Waals surface area contributed by atoms with Gasteiger partial charge in [-0.1, -0.05) is 6.07 Å². The Balaban J connectivity index is 1.59. The predicted molar refractivity (Wildman–Crippen MR) is 73.2 cm³/mol. The van der Waals surface area contributed by atoms with Crippen molar-refractivity contribution in [2.24, 2.45) is 0 Å². The molecule has 0 atom stereocenters. The zero-order valence-electron chi connectivity index (χ0n) is 11.4. The quantitative estimate of drug-likeness (QED) is 0.912. The maximum atomic E-state index is 13.9. The molecule has 0 spiro atoms. The first-order valence-corrected chi connectivity index (χ1v) is 7.11. The number of halogens is 1. The molecule has 2 aliphatic rings. The van der Waals surface area contributed by atoms with Crippen molar-refractivity contribution in [1.82, 2.24) is 9.80 Å². The van der Waals surface area contributed by atoms with Crippen LogP contribution in [0.2, 0.25) is 0 Å². The van der Waals surface area contributed by atoms with E-state index < -0.39 is 11.8 Å². The number of hydrogen-bond acceptors (Lipinski definition) is 3. The molecule has 1 heterocycles. The molecule has 4 nitrogen and oxygen atoms in total. The molecular formula is C15H19FN2O2. The molecule has 20 heavy (non-hydrogen) atoms. The zero-order chi connectivity index (χ0) is 14.1. The average molecular weight is 278 g/mol. The molecule has 1 N–H and O–H groups in total. The number of carboxylic acid groups (broad SMARTS) is 1. The summed E-state index contributed by atoms with van der Waals surface area (Å²) >= 11 is 0. The molecular weight excluding hydrogens is 259 g/mol. The molecule has 0 bridgehead atoms. The van der Waals surface area contributed by atoms with Crippen LogP contribution in [0.4, 0.5) is 4.39 Å². The average Bonchev–Trinajstić information content (AvgIpc) is 3.26. The lowest BCUT2D eigenvalue weighted by Crippen LogP contribution is -2.46. The van der Waals surface area contributed by atoms with E-state index in [-0.39, 0.29) is 5.56 Å². The van der Waals surface area contributed by atoms with Gasteiger partial charge in [-0.15, -0.1) is 0 Å². The van der Waals surface area contributed by atoms with Gasteiger partial charge < -0.3 is 5.11 Å². The van der Waals surface area contributed by atoms with Crippen molar-refractivity contribution in [3.8, 4) is 0 Å². The summed E-state index contributed by atoms with van der Waals surface area (Å²) in [7, 11) is 0. The van der Waals surface area contributed by atoms with Crippen molar-refractivity contribution in [3.05, 3.63) is 35.1 Å². The molecule has 5 heteroatoms. The number of carbonyl (C=O) groups is 1. The van der Waals surface area contributed by atoms with Gasteiger partial charge in [-0.2, -0.15) is 0 Å². The van der Waals surface area contributed by atoms with Gasteiger partial charge in [0.15, 0.2) is 0 Å². The minimum Gasteiger partial charge on any atom is -0.478 e. The van der Waals surface area contributed by atoms with Crippen LogP contribution in [0.3, 0.4) is 0 Å². The summed E-state index contributed by atoms with van der Waals surface area (Å²) in [6, 6.07) is 4.97. The first kappa shape index (κ1) is 13.5. The number of hydrogen-bond donors (Lipinski definition) is 1. The van der Waals surface area contributed by atoms with Crippen LogP contribution >= 0.6 is 0 Å². The monoisotopic (exact) mass is 278 g/mol. The summed E-state index contributed by atoms with van der Waals surface area (Å²) < 4.78 is 13.9. The van der Waals surface area contributed by atoms with Crippen molar-refractivity contribution >= 4 is 5.97 Å². The molecule has 1 aliphatic carbocycles. The number of rotatable bonds is 4. The number of benzene rings is 1. The molecule has 3 rings (SSSR count). The Labute approximate surface area is 117 Å². The van der Waals surface area contributed by atoms with Crippen LogP contribution in [0.1, 0.15) is 28.8 Å². The van der Waals surface area contributed by atoms with E-state index in [0.29, 0.717) is 12.1 Å². The van der Waals surface area contributed by atoms with Gasteiger partial charge >= 0.3 is 5.97 Å². The normalized spacial score (nSPS) is 21.1. The van der Waals surface area contributed by atoms with Gasteiger partial charge in [0.05, 0.1) is 5.56 Å². The van der Waals surface area contributed by atoms with Gasteiger partial charge in [-0.05, 0) is 25.0 Å². The fourth-order valence-corrected chi connectivity index (χ4v) is 2.78. The van der Waals surface area contributed by atoms with E-state index in [2.05, 4.69) is 9.80 Å². The number of piperazine rings is 1. The van der Waals surface area contributed by atoms with Crippen molar-refractivity contribution in [3.63, 3.8) is 0 Å². The fourth-order valence-electron chi connectivity index (χ4n) is 2.78. The van der Waals surface area contributed by atoms with E-state index in [0.717, 1.165) is 38.3 Å². The molecule has 2 fully saturated rings. The summed E-state index contributed by atoms with van der Waals surface area (Å²) in [5.41, 5.74) is 0.583. The van der Waals surface area contributed by atoms with E-state index in [1.165, 1.54) is 18.9 Å². The maximum Gasteiger partial charge on any atom is 0.335 e. The van der Waals surface area contributed by atoms with Crippen LogP contribution in [-0.4, -0.2) is 53.1 Å². The third kappa shape index (κ3) is 2.99. The largest absolute Gasteiger partial charge is 0.478 e. The van der Waals surface area contributed by atoms with Gasteiger partial charge in [0.2, 0.25) is 0 Å². The Morgan fingerprint density at radius 1 is 1.25 bits per heavy atom. The fraction of sp³-hybridized carbons (Fsp3) is 0.533. The van der Waals surface area contributed by atoms with Gasteiger partial charge in [-0.25, -0.2) is 9.18 Å². The second kappa shape index (κ2) is 5.50. The molecule has 0 radical (unpaired) electrons. The Bertz CT molecular complexity index is 509. The van der Waals surface area contributed by atoms with Crippen molar-refractivity contribution in [2.45, 2.75) is 25.4 Å². The molecule has 1 aromatic rings. The van der Waals surface area contributed by atoms with Crippen molar-refractivity contribution in [2.75, 3.05) is 26.2 Å². The Morgan fingerprint density at radius 3 is 2.50 bits per heavy atom. The molecule has 1 saturated carbocycles. The molecule has 1 aromatic carbocycles. The number of nitrogens with zero attached hydrogens (tertiary/aromatic N) is 2. The van der Waals surface area contributed by atoms with Gasteiger partial charge in [0, 0.05) is 44.3 Å². The van der Waals surface area contributed by atoms with Crippen LogP contribution < -0.4 is 0 Å².